The Hall–Kier alpha value is -2.30. The Labute approximate surface area is 116 Å². The predicted octanol–water partition coefficient (Wildman–Crippen LogP) is -0.727. The van der Waals surface area contributed by atoms with Gasteiger partial charge in [-0.05, 0) is 0 Å². The number of nitrogens with zero attached hydrogens (tertiary/aromatic N) is 3. The van der Waals surface area contributed by atoms with Gasteiger partial charge in [0, 0.05) is 6.42 Å². The molecule has 0 amide bonds. The predicted molar refractivity (Wildman–Crippen MR) is 68.6 cm³/mol. The van der Waals surface area contributed by atoms with E-state index in [0.717, 1.165) is 12.5 Å². The van der Waals surface area contributed by atoms with Crippen LogP contribution in [0.1, 0.15) is 12.6 Å². The molecule has 1 aliphatic rings. The maximum atomic E-state index is 11.8. The van der Waals surface area contributed by atoms with E-state index < -0.39 is 28.9 Å². The average Bonchev–Trinajstić information content (AvgIpc) is 3.00. The molecule has 3 heterocycles. The van der Waals surface area contributed by atoms with Crippen LogP contribution in [0.2, 0.25) is 0 Å². The monoisotopic (exact) mass is 296 g/mol. The van der Waals surface area contributed by atoms with Crippen molar-refractivity contribution in [1.29, 1.82) is 0 Å². The summed E-state index contributed by atoms with van der Waals surface area (Å²) in [5.41, 5.74) is -0.908. The largest absolute Gasteiger partial charge is 0.394 e. The fourth-order valence-electron chi connectivity index (χ4n) is 2.48. The van der Waals surface area contributed by atoms with Crippen LogP contribution in [0.4, 0.5) is 5.69 Å². The van der Waals surface area contributed by atoms with Crippen molar-refractivity contribution < 1.29 is 19.9 Å². The standard InChI is InChI=1S/C11H12N4O6/c16-3-7-6(17)1-8(21-7)14-2-5(15(19)20)9-10(14)12-4-13-11(9)18/h2,4,6-8,16-17H,1,3H2,(H,12,13,18)/t6-,7+,8+/m0/s1. The molecule has 0 saturated carbocycles. The third kappa shape index (κ3) is 2.09. The van der Waals surface area contributed by atoms with Crippen LogP contribution in [0, 0.1) is 10.1 Å². The first-order valence-electron chi connectivity index (χ1n) is 6.20. The lowest BCUT2D eigenvalue weighted by Gasteiger charge is -2.13. The zero-order chi connectivity index (χ0) is 15.1. The van der Waals surface area contributed by atoms with Gasteiger partial charge >= 0.3 is 5.69 Å². The second-order valence-electron chi connectivity index (χ2n) is 4.72. The fourth-order valence-corrected chi connectivity index (χ4v) is 2.48. The first kappa shape index (κ1) is 13.7. The van der Waals surface area contributed by atoms with Gasteiger partial charge in [0.25, 0.3) is 5.56 Å². The molecule has 0 bridgehead atoms. The highest BCUT2D eigenvalue weighted by atomic mass is 16.6. The van der Waals surface area contributed by atoms with Crippen molar-refractivity contribution in [1.82, 2.24) is 14.5 Å². The summed E-state index contributed by atoms with van der Waals surface area (Å²) in [5, 5.41) is 29.7. The number of aromatic amines is 1. The minimum atomic E-state index is -0.890. The number of nitro groups is 1. The van der Waals surface area contributed by atoms with Gasteiger partial charge in [-0.15, -0.1) is 0 Å². The summed E-state index contributed by atoms with van der Waals surface area (Å²) in [5.74, 6) is 0. The first-order valence-corrected chi connectivity index (χ1v) is 6.20. The molecular formula is C11H12N4O6. The van der Waals surface area contributed by atoms with E-state index in [-0.39, 0.29) is 29.7 Å². The highest BCUT2D eigenvalue weighted by Crippen LogP contribution is 2.33. The summed E-state index contributed by atoms with van der Waals surface area (Å²) in [6.45, 7) is -0.368. The third-order valence-electron chi connectivity index (χ3n) is 3.49. The molecule has 112 valence electrons. The number of H-pyrrole nitrogens is 1. The van der Waals surface area contributed by atoms with E-state index in [1.807, 2.05) is 0 Å². The van der Waals surface area contributed by atoms with Gasteiger partial charge in [-0.25, -0.2) is 4.98 Å². The lowest BCUT2D eigenvalue weighted by atomic mass is 10.2. The quantitative estimate of drug-likeness (QED) is 0.500. The molecule has 0 radical (unpaired) electrons. The van der Waals surface area contributed by atoms with Gasteiger partial charge in [-0.1, -0.05) is 0 Å². The van der Waals surface area contributed by atoms with Crippen molar-refractivity contribution in [2.45, 2.75) is 24.9 Å². The molecule has 10 heteroatoms. The average molecular weight is 296 g/mol. The van der Waals surface area contributed by atoms with Crippen LogP contribution in [0.25, 0.3) is 11.0 Å². The SMILES string of the molecule is O=c1[nH]cnc2c1c([N+](=O)[O-])cn2[C@H]1C[C@H](O)[C@@H](CO)O1. The van der Waals surface area contributed by atoms with E-state index in [0.29, 0.717) is 0 Å². The van der Waals surface area contributed by atoms with Gasteiger partial charge in [0.2, 0.25) is 0 Å². The topological polar surface area (TPSA) is 144 Å². The smallest absolute Gasteiger partial charge is 0.302 e. The minimum Gasteiger partial charge on any atom is -0.394 e. The molecule has 1 saturated heterocycles. The fraction of sp³-hybridized carbons (Fsp3) is 0.455. The summed E-state index contributed by atoms with van der Waals surface area (Å²) < 4.78 is 6.77. The molecule has 21 heavy (non-hydrogen) atoms. The Kier molecular flexibility index (Phi) is 3.20. The zero-order valence-electron chi connectivity index (χ0n) is 10.7. The molecule has 0 aromatic carbocycles. The molecule has 0 spiro atoms. The molecule has 2 aromatic heterocycles. The van der Waals surface area contributed by atoms with Gasteiger partial charge < -0.3 is 19.9 Å². The van der Waals surface area contributed by atoms with Crippen molar-refractivity contribution in [2.75, 3.05) is 6.61 Å². The van der Waals surface area contributed by atoms with Crippen molar-refractivity contribution in [3.8, 4) is 0 Å². The van der Waals surface area contributed by atoms with E-state index in [4.69, 9.17) is 9.84 Å². The summed E-state index contributed by atoms with van der Waals surface area (Å²) in [6, 6.07) is 0. The van der Waals surface area contributed by atoms with E-state index in [1.165, 1.54) is 4.57 Å². The Balaban J connectivity index is 2.14. The summed E-state index contributed by atoms with van der Waals surface area (Å²) in [6.07, 6.45) is 0.0412. The lowest BCUT2D eigenvalue weighted by molar-refractivity contribution is -0.383. The van der Waals surface area contributed by atoms with Crippen LogP contribution in [-0.4, -0.2) is 48.5 Å². The molecular weight excluding hydrogens is 284 g/mol. The van der Waals surface area contributed by atoms with Crippen LogP contribution < -0.4 is 5.56 Å². The van der Waals surface area contributed by atoms with Gasteiger partial charge in [-0.3, -0.25) is 19.5 Å². The third-order valence-corrected chi connectivity index (χ3v) is 3.49. The molecule has 2 aromatic rings. The molecule has 1 aliphatic heterocycles. The van der Waals surface area contributed by atoms with Gasteiger partial charge in [0.15, 0.2) is 11.0 Å². The van der Waals surface area contributed by atoms with E-state index >= 15 is 0 Å². The highest BCUT2D eigenvalue weighted by Gasteiger charge is 2.36. The summed E-state index contributed by atoms with van der Waals surface area (Å²) in [7, 11) is 0. The second kappa shape index (κ2) is 4.91. The Morgan fingerprint density at radius 1 is 1.62 bits per heavy atom. The van der Waals surface area contributed by atoms with Crippen LogP contribution in [0.3, 0.4) is 0 Å². The van der Waals surface area contributed by atoms with Gasteiger partial charge in [-0.2, -0.15) is 0 Å². The number of fused-ring (bicyclic) bond motifs is 1. The summed E-state index contributed by atoms with van der Waals surface area (Å²) >= 11 is 0. The Morgan fingerprint density at radius 3 is 3.00 bits per heavy atom. The lowest BCUT2D eigenvalue weighted by Crippen LogP contribution is -2.24. The minimum absolute atomic E-state index is 0.0984. The van der Waals surface area contributed by atoms with E-state index in [2.05, 4.69) is 9.97 Å². The number of nitrogens with one attached hydrogen (secondary N) is 1. The number of hydrogen-bond donors (Lipinski definition) is 3. The van der Waals surface area contributed by atoms with Crippen molar-refractivity contribution in [3.63, 3.8) is 0 Å². The van der Waals surface area contributed by atoms with Crippen molar-refractivity contribution >= 4 is 16.7 Å². The maximum absolute atomic E-state index is 11.8. The molecule has 0 unspecified atom stereocenters. The number of hydrogen-bond acceptors (Lipinski definition) is 7. The van der Waals surface area contributed by atoms with Crippen LogP contribution in [-0.2, 0) is 4.74 Å². The van der Waals surface area contributed by atoms with Gasteiger partial charge in [0.1, 0.15) is 12.3 Å². The number of aliphatic hydroxyl groups is 2. The second-order valence-corrected chi connectivity index (χ2v) is 4.72. The molecule has 10 nitrogen and oxygen atoms in total. The molecule has 3 atom stereocenters. The van der Waals surface area contributed by atoms with Crippen LogP contribution in [0.5, 0.6) is 0 Å². The summed E-state index contributed by atoms with van der Waals surface area (Å²) in [4.78, 5) is 28.4. The normalized spacial score (nSPS) is 25.5. The molecule has 1 fully saturated rings. The number of rotatable bonds is 3. The number of ether oxygens (including phenoxy) is 1. The van der Waals surface area contributed by atoms with E-state index in [9.17, 15) is 20.0 Å². The molecule has 3 N–H and O–H groups in total. The maximum Gasteiger partial charge on any atom is 0.302 e. The van der Waals surface area contributed by atoms with Gasteiger partial charge in [0.05, 0.1) is 30.2 Å². The highest BCUT2D eigenvalue weighted by molar-refractivity contribution is 5.85. The zero-order valence-corrected chi connectivity index (χ0v) is 10.7. The van der Waals surface area contributed by atoms with Crippen molar-refractivity contribution in [3.05, 3.63) is 33.0 Å². The van der Waals surface area contributed by atoms with Crippen molar-refractivity contribution in [2.24, 2.45) is 0 Å². The first-order chi connectivity index (χ1) is 10.0. The molecule has 0 aliphatic carbocycles. The van der Waals surface area contributed by atoms with Crippen LogP contribution in [0.15, 0.2) is 17.3 Å². The van der Waals surface area contributed by atoms with Crippen LogP contribution >= 0.6 is 0 Å². The Bertz CT molecular complexity index is 753. The van der Waals surface area contributed by atoms with E-state index in [1.54, 1.807) is 0 Å². The molecule has 3 rings (SSSR count). The number of aliphatic hydroxyl groups excluding tert-OH is 2. The Morgan fingerprint density at radius 2 is 2.38 bits per heavy atom. The number of aromatic nitrogens is 3.